The van der Waals surface area contributed by atoms with Crippen molar-refractivity contribution in [1.82, 2.24) is 4.90 Å². The molecule has 1 aliphatic rings. The Kier molecular flexibility index (Phi) is 6.45. The summed E-state index contributed by atoms with van der Waals surface area (Å²) >= 11 is 0. The minimum atomic E-state index is -3.38. The van der Waals surface area contributed by atoms with E-state index in [9.17, 15) is 22.8 Å². The van der Waals surface area contributed by atoms with E-state index in [-0.39, 0.29) is 36.4 Å². The SMILES string of the molecule is CCS(=O)(=O)Nc1ccc(NC(=O)CCCN2C(=O)c3ccc(C)cc3C2=O)cc1C. The van der Waals surface area contributed by atoms with Crippen LogP contribution in [0.25, 0.3) is 0 Å². The number of aryl methyl sites for hydroxylation is 2. The van der Waals surface area contributed by atoms with E-state index >= 15 is 0 Å². The van der Waals surface area contributed by atoms with Gasteiger partial charge in [-0.25, -0.2) is 8.42 Å². The molecular formula is C22H25N3O5S. The number of hydrogen-bond donors (Lipinski definition) is 2. The summed E-state index contributed by atoms with van der Waals surface area (Å²) in [6.07, 6.45) is 0.472. The summed E-state index contributed by atoms with van der Waals surface area (Å²) in [5, 5.41) is 2.75. The molecule has 0 bridgehead atoms. The molecule has 164 valence electrons. The number of imide groups is 1. The minimum Gasteiger partial charge on any atom is -0.326 e. The van der Waals surface area contributed by atoms with Gasteiger partial charge in [0.05, 0.1) is 22.6 Å². The number of nitrogens with zero attached hydrogens (tertiary/aromatic N) is 1. The molecule has 0 atom stereocenters. The number of fused-ring (bicyclic) bond motifs is 1. The van der Waals surface area contributed by atoms with Gasteiger partial charge in [-0.3, -0.25) is 24.0 Å². The van der Waals surface area contributed by atoms with Gasteiger partial charge in [-0.15, -0.1) is 0 Å². The summed E-state index contributed by atoms with van der Waals surface area (Å²) in [6, 6.07) is 10.0. The Morgan fingerprint density at radius 3 is 2.39 bits per heavy atom. The van der Waals surface area contributed by atoms with Crippen molar-refractivity contribution >= 4 is 39.1 Å². The molecule has 2 N–H and O–H groups in total. The van der Waals surface area contributed by atoms with Crippen LogP contribution in [0, 0.1) is 13.8 Å². The molecule has 31 heavy (non-hydrogen) atoms. The van der Waals surface area contributed by atoms with E-state index in [1.165, 1.54) is 4.90 Å². The van der Waals surface area contributed by atoms with Crippen LogP contribution in [0.2, 0.25) is 0 Å². The number of carbonyl (C=O) groups is 3. The second-order valence-corrected chi connectivity index (χ2v) is 9.51. The lowest BCUT2D eigenvalue weighted by atomic mass is 10.1. The highest BCUT2D eigenvalue weighted by Gasteiger charge is 2.34. The third-order valence-corrected chi connectivity index (χ3v) is 6.36. The highest BCUT2D eigenvalue weighted by Crippen LogP contribution is 2.24. The van der Waals surface area contributed by atoms with Crippen LogP contribution in [0.3, 0.4) is 0 Å². The van der Waals surface area contributed by atoms with Crippen molar-refractivity contribution in [2.45, 2.75) is 33.6 Å². The molecule has 9 heteroatoms. The highest BCUT2D eigenvalue weighted by atomic mass is 32.2. The summed E-state index contributed by atoms with van der Waals surface area (Å²) in [5.74, 6) is -0.947. The molecule has 0 saturated carbocycles. The first kappa shape index (κ1) is 22.5. The molecule has 0 aromatic heterocycles. The zero-order chi connectivity index (χ0) is 22.8. The quantitative estimate of drug-likeness (QED) is 0.609. The van der Waals surface area contributed by atoms with Crippen LogP contribution in [0.5, 0.6) is 0 Å². The fourth-order valence-corrected chi connectivity index (χ4v) is 4.03. The van der Waals surface area contributed by atoms with Crippen LogP contribution in [0.15, 0.2) is 36.4 Å². The Morgan fingerprint density at radius 1 is 1.00 bits per heavy atom. The van der Waals surface area contributed by atoms with E-state index in [2.05, 4.69) is 10.0 Å². The van der Waals surface area contributed by atoms with Crippen molar-refractivity contribution in [2.75, 3.05) is 22.3 Å². The predicted molar refractivity (Wildman–Crippen MR) is 119 cm³/mol. The Labute approximate surface area is 181 Å². The topological polar surface area (TPSA) is 113 Å². The van der Waals surface area contributed by atoms with Gasteiger partial charge in [0, 0.05) is 18.7 Å². The number of anilines is 2. The lowest BCUT2D eigenvalue weighted by Gasteiger charge is -2.14. The number of benzene rings is 2. The van der Waals surface area contributed by atoms with E-state index in [0.29, 0.717) is 34.5 Å². The van der Waals surface area contributed by atoms with Gasteiger partial charge in [0.2, 0.25) is 15.9 Å². The number of hydrogen-bond acceptors (Lipinski definition) is 5. The predicted octanol–water partition coefficient (Wildman–Crippen LogP) is 3.08. The van der Waals surface area contributed by atoms with Gasteiger partial charge in [-0.2, -0.15) is 0 Å². The van der Waals surface area contributed by atoms with Crippen molar-refractivity contribution in [3.63, 3.8) is 0 Å². The summed E-state index contributed by atoms with van der Waals surface area (Å²) in [5.41, 5.74) is 3.39. The van der Waals surface area contributed by atoms with E-state index < -0.39 is 10.0 Å². The van der Waals surface area contributed by atoms with Gasteiger partial charge in [0.1, 0.15) is 0 Å². The summed E-state index contributed by atoms with van der Waals surface area (Å²) in [6.45, 7) is 5.32. The zero-order valence-electron chi connectivity index (χ0n) is 17.7. The van der Waals surface area contributed by atoms with Crippen molar-refractivity contribution in [3.8, 4) is 0 Å². The van der Waals surface area contributed by atoms with Crippen molar-refractivity contribution in [1.29, 1.82) is 0 Å². The maximum atomic E-state index is 12.5. The monoisotopic (exact) mass is 443 g/mol. The lowest BCUT2D eigenvalue weighted by Crippen LogP contribution is -2.31. The average molecular weight is 444 g/mol. The van der Waals surface area contributed by atoms with Gasteiger partial charge in [0.25, 0.3) is 11.8 Å². The zero-order valence-corrected chi connectivity index (χ0v) is 18.5. The Balaban J connectivity index is 1.54. The lowest BCUT2D eigenvalue weighted by molar-refractivity contribution is -0.116. The molecule has 1 heterocycles. The normalized spacial score (nSPS) is 13.3. The van der Waals surface area contributed by atoms with E-state index in [1.807, 2.05) is 6.92 Å². The molecule has 2 aromatic carbocycles. The number of nitrogens with one attached hydrogen (secondary N) is 2. The molecule has 0 saturated heterocycles. The van der Waals surface area contributed by atoms with Crippen LogP contribution in [0.4, 0.5) is 11.4 Å². The largest absolute Gasteiger partial charge is 0.326 e. The first-order valence-electron chi connectivity index (χ1n) is 9.99. The number of sulfonamides is 1. The van der Waals surface area contributed by atoms with Gasteiger partial charge in [-0.1, -0.05) is 11.6 Å². The van der Waals surface area contributed by atoms with Crippen molar-refractivity contribution in [3.05, 3.63) is 58.7 Å². The van der Waals surface area contributed by atoms with Gasteiger partial charge < -0.3 is 5.32 Å². The third kappa shape index (κ3) is 5.11. The maximum absolute atomic E-state index is 12.5. The number of rotatable bonds is 8. The first-order valence-corrected chi connectivity index (χ1v) is 11.6. The average Bonchev–Trinajstić information content (AvgIpc) is 2.94. The highest BCUT2D eigenvalue weighted by molar-refractivity contribution is 7.92. The van der Waals surface area contributed by atoms with Crippen molar-refractivity contribution < 1.29 is 22.8 Å². The molecule has 3 amide bonds. The summed E-state index contributed by atoms with van der Waals surface area (Å²) in [4.78, 5) is 38.4. The molecule has 8 nitrogen and oxygen atoms in total. The van der Waals surface area contributed by atoms with Gasteiger partial charge in [-0.05, 0) is 63.1 Å². The molecule has 3 rings (SSSR count). The van der Waals surface area contributed by atoms with Crippen molar-refractivity contribution in [2.24, 2.45) is 0 Å². The smallest absolute Gasteiger partial charge is 0.261 e. The van der Waals surface area contributed by atoms with Gasteiger partial charge in [0.15, 0.2) is 0 Å². The minimum absolute atomic E-state index is 0.0301. The van der Waals surface area contributed by atoms with Crippen LogP contribution >= 0.6 is 0 Å². The Bertz CT molecular complexity index is 1160. The van der Waals surface area contributed by atoms with E-state index in [1.54, 1.807) is 50.2 Å². The molecule has 0 fully saturated rings. The van der Waals surface area contributed by atoms with Crippen LogP contribution in [-0.2, 0) is 14.8 Å². The number of amides is 3. The molecule has 1 aliphatic heterocycles. The molecule has 0 aliphatic carbocycles. The summed E-state index contributed by atoms with van der Waals surface area (Å²) < 4.78 is 25.9. The Morgan fingerprint density at radius 2 is 1.71 bits per heavy atom. The molecule has 0 spiro atoms. The van der Waals surface area contributed by atoms with Gasteiger partial charge >= 0.3 is 0 Å². The maximum Gasteiger partial charge on any atom is 0.261 e. The van der Waals surface area contributed by atoms with Crippen LogP contribution < -0.4 is 10.0 Å². The standard InChI is InChI=1S/C22H25N3O5S/c1-4-31(29,30)24-19-10-8-16(13-15(19)3)23-20(26)6-5-11-25-21(27)17-9-7-14(2)12-18(17)22(25)28/h7-10,12-13,24H,4-6,11H2,1-3H3,(H,23,26). The van der Waals surface area contributed by atoms with E-state index in [4.69, 9.17) is 0 Å². The molecule has 0 unspecified atom stereocenters. The summed E-state index contributed by atoms with van der Waals surface area (Å²) in [7, 11) is -3.38. The first-order chi connectivity index (χ1) is 14.6. The fraction of sp³-hybridized carbons (Fsp3) is 0.318. The van der Waals surface area contributed by atoms with E-state index in [0.717, 1.165) is 5.56 Å². The molecule has 0 radical (unpaired) electrons. The molecular weight excluding hydrogens is 418 g/mol. The Hall–Kier alpha value is -3.20. The second kappa shape index (κ2) is 8.89. The second-order valence-electron chi connectivity index (χ2n) is 7.50. The molecule has 2 aromatic rings. The van der Waals surface area contributed by atoms with Crippen LogP contribution in [0.1, 0.15) is 51.6 Å². The third-order valence-electron chi connectivity index (χ3n) is 5.07. The van der Waals surface area contributed by atoms with Crippen LogP contribution in [-0.4, -0.2) is 43.3 Å². The number of carbonyl (C=O) groups excluding carboxylic acids is 3. The fourth-order valence-electron chi connectivity index (χ4n) is 3.32.